The number of para-hydroxylation sites is 2. The van der Waals surface area contributed by atoms with Crippen molar-refractivity contribution in [2.45, 2.75) is 10.8 Å². The molecule has 2 aliphatic rings. The molecule has 0 spiro atoms. The highest BCUT2D eigenvalue weighted by Gasteiger charge is 2.48. The van der Waals surface area contributed by atoms with Gasteiger partial charge in [-0.25, -0.2) is 8.78 Å². The highest BCUT2D eigenvalue weighted by molar-refractivity contribution is 6.10. The summed E-state index contributed by atoms with van der Waals surface area (Å²) in [6.45, 7) is 7.81. The van der Waals surface area contributed by atoms with Crippen molar-refractivity contribution in [3.63, 3.8) is 0 Å². The molecule has 0 aliphatic heterocycles. The van der Waals surface area contributed by atoms with Crippen molar-refractivity contribution < 1.29 is 22.7 Å². The first-order valence-corrected chi connectivity index (χ1v) is 28.0. The molecule has 0 N–H and O–H groups in total. The van der Waals surface area contributed by atoms with Crippen LogP contribution in [0.1, 0.15) is 55.6 Å². The third-order valence-corrected chi connectivity index (χ3v) is 17.0. The third-order valence-electron chi connectivity index (χ3n) is 17.0. The molecule has 6 heteroatoms. The van der Waals surface area contributed by atoms with Gasteiger partial charge in [-0.15, -0.1) is 0 Å². The number of hydrogen-bond donors (Lipinski definition) is 0. The number of anilines is 3. The minimum absolute atomic E-state index is 0.319. The summed E-state index contributed by atoms with van der Waals surface area (Å²) in [4.78, 5) is 2.31. The molecule has 0 fully saturated rings. The van der Waals surface area contributed by atoms with Gasteiger partial charge in [-0.3, -0.25) is 0 Å². The summed E-state index contributed by atoms with van der Waals surface area (Å²) >= 11 is 0. The van der Waals surface area contributed by atoms with Crippen LogP contribution in [0.4, 0.5) is 25.8 Å². The highest BCUT2D eigenvalue weighted by atomic mass is 19.1. The van der Waals surface area contributed by atoms with E-state index in [2.05, 4.69) is 152 Å². The van der Waals surface area contributed by atoms with Crippen molar-refractivity contribution in [3.05, 3.63) is 353 Å². The van der Waals surface area contributed by atoms with E-state index in [9.17, 15) is 0 Å². The summed E-state index contributed by atoms with van der Waals surface area (Å²) < 4.78 is 50.4. The Bertz CT molecular complexity index is 4460. The number of benzene rings is 12. The Morgan fingerprint density at radius 2 is 0.738 bits per heavy atom. The van der Waals surface area contributed by atoms with Gasteiger partial charge in [-0.2, -0.15) is 0 Å². The lowest BCUT2D eigenvalue weighted by atomic mass is 9.67. The second kappa shape index (κ2) is 20.0. The molecule has 0 saturated heterocycles. The van der Waals surface area contributed by atoms with Gasteiger partial charge < -0.3 is 18.8 Å². The minimum Gasteiger partial charge on any atom is -0.457 e. The quantitative estimate of drug-likeness (QED) is 0.115. The Kier molecular flexibility index (Phi) is 12.0. The predicted octanol–water partition coefficient (Wildman–Crippen LogP) is 20.9. The van der Waals surface area contributed by atoms with E-state index in [0.29, 0.717) is 23.0 Å². The molecule has 2 unspecified atom stereocenters. The third kappa shape index (κ3) is 7.94. The van der Waals surface area contributed by atoms with Crippen molar-refractivity contribution in [3.8, 4) is 45.3 Å². The maximum atomic E-state index is 15.3. The van der Waals surface area contributed by atoms with Gasteiger partial charge in [0.1, 0.15) is 40.2 Å². The van der Waals surface area contributed by atoms with Crippen LogP contribution in [0.15, 0.2) is 291 Å². The van der Waals surface area contributed by atoms with Crippen LogP contribution < -0.4 is 14.4 Å². The Morgan fingerprint density at radius 3 is 1.19 bits per heavy atom. The Balaban J connectivity index is 0.958. The van der Waals surface area contributed by atoms with Gasteiger partial charge in [-0.1, -0.05) is 189 Å². The number of ether oxygens (including phenoxy) is 2. The first kappa shape index (κ1) is 50.2. The van der Waals surface area contributed by atoms with Crippen molar-refractivity contribution in [2.24, 2.45) is 0 Å². The molecule has 12 aromatic carbocycles. The fraction of sp³-hybridized carbons (Fsp3) is 0.0256. The van der Waals surface area contributed by atoms with Crippen molar-refractivity contribution in [2.75, 3.05) is 4.90 Å². The van der Waals surface area contributed by atoms with E-state index in [1.807, 2.05) is 127 Å². The van der Waals surface area contributed by atoms with Crippen LogP contribution in [0.2, 0.25) is 0 Å². The molecular formula is C78H51F2NO3. The predicted molar refractivity (Wildman–Crippen MR) is 336 cm³/mol. The summed E-state index contributed by atoms with van der Waals surface area (Å²) in [5.74, 6) is 2.14. The fourth-order valence-corrected chi connectivity index (χ4v) is 13.3. The molecule has 84 heavy (non-hydrogen) atoms. The zero-order chi connectivity index (χ0) is 56.5. The average Bonchev–Trinajstić information content (AvgIpc) is 2.93. The standard InChI is InChI=1S/C78H51F2NO3/c1-3-50-20-38-60(39-21-50)82-62-42-28-54(29-43-62)77(52-24-32-56(79)33-25-52)70-16-8-5-12-64(70)66-46-36-58(48-72(66)77)81(74-18-11-15-69-68-14-7-10-19-75(68)84-76(69)74)59-37-47-67-65-13-6-9-17-71(65)78(73(67)49-59,53-26-34-57(80)35-27-53)55-30-44-63(45-31-55)83-61-40-22-51(4-2)23-41-61/h3-49H,1-2H2. The lowest BCUT2D eigenvalue weighted by Gasteiger charge is -2.36. The molecule has 1 aromatic heterocycles. The lowest BCUT2D eigenvalue weighted by molar-refractivity contribution is 0.482. The van der Waals surface area contributed by atoms with Gasteiger partial charge in [0.15, 0.2) is 5.58 Å². The number of halogens is 2. The van der Waals surface area contributed by atoms with Crippen LogP contribution in [-0.4, -0.2) is 0 Å². The summed E-state index contributed by atoms with van der Waals surface area (Å²) in [7, 11) is 0. The molecular weight excluding hydrogens is 1040 g/mol. The van der Waals surface area contributed by atoms with E-state index >= 15 is 8.78 Å². The average molecular weight is 1090 g/mol. The van der Waals surface area contributed by atoms with E-state index < -0.39 is 10.8 Å². The second-order valence-electron chi connectivity index (χ2n) is 21.5. The van der Waals surface area contributed by atoms with Crippen LogP contribution in [0, 0.1) is 11.6 Å². The molecule has 0 radical (unpaired) electrons. The van der Waals surface area contributed by atoms with Crippen molar-refractivity contribution >= 4 is 51.2 Å². The Hall–Kier alpha value is -10.8. The summed E-state index contributed by atoms with van der Waals surface area (Å²) in [6, 6.07) is 91.2. The smallest absolute Gasteiger partial charge is 0.159 e. The molecule has 2 aliphatic carbocycles. The SMILES string of the molecule is C=Cc1ccc(Oc2ccc(C3(c4ccc(F)cc4)c4ccccc4-c4ccc(N(c5ccc6c(c5)C(c5ccc(F)cc5)(c5ccc(Oc7ccc(C=C)cc7)cc5)c5ccccc5-6)c5cccc6c5oc5ccccc56)cc43)cc2)cc1. The number of nitrogens with zero attached hydrogens (tertiary/aromatic N) is 1. The Labute approximate surface area is 485 Å². The molecule has 13 aromatic rings. The number of fused-ring (bicyclic) bond motifs is 9. The van der Waals surface area contributed by atoms with Crippen LogP contribution in [0.25, 0.3) is 56.3 Å². The molecule has 0 saturated carbocycles. The van der Waals surface area contributed by atoms with E-state index in [4.69, 9.17) is 13.9 Å². The first-order valence-electron chi connectivity index (χ1n) is 28.0. The number of rotatable bonds is 13. The van der Waals surface area contributed by atoms with E-state index in [1.165, 1.54) is 0 Å². The van der Waals surface area contributed by atoms with Crippen molar-refractivity contribution in [1.29, 1.82) is 0 Å². The van der Waals surface area contributed by atoms with Gasteiger partial charge in [0, 0.05) is 22.1 Å². The van der Waals surface area contributed by atoms with Gasteiger partial charge in [0.05, 0.1) is 16.5 Å². The molecule has 0 bridgehead atoms. The maximum absolute atomic E-state index is 15.3. The van der Waals surface area contributed by atoms with Gasteiger partial charge >= 0.3 is 0 Å². The zero-order valence-corrected chi connectivity index (χ0v) is 45.5. The minimum atomic E-state index is -0.918. The fourth-order valence-electron chi connectivity index (χ4n) is 13.3. The van der Waals surface area contributed by atoms with Crippen LogP contribution in [-0.2, 0) is 10.8 Å². The normalized spacial score (nSPS) is 15.5. The maximum Gasteiger partial charge on any atom is 0.159 e. The van der Waals surface area contributed by atoms with Crippen molar-refractivity contribution in [1.82, 2.24) is 0 Å². The molecule has 0 amide bonds. The monoisotopic (exact) mass is 1090 g/mol. The molecule has 400 valence electrons. The molecule has 4 nitrogen and oxygen atoms in total. The lowest BCUT2D eigenvalue weighted by Crippen LogP contribution is -2.29. The molecule has 1 heterocycles. The van der Waals surface area contributed by atoms with E-state index in [1.54, 1.807) is 24.3 Å². The summed E-state index contributed by atoms with van der Waals surface area (Å²) in [6.07, 6.45) is 3.62. The second-order valence-corrected chi connectivity index (χ2v) is 21.5. The van der Waals surface area contributed by atoms with Gasteiger partial charge in [-0.05, 0) is 187 Å². The van der Waals surface area contributed by atoms with E-state index in [-0.39, 0.29) is 11.6 Å². The molecule has 15 rings (SSSR count). The first-order chi connectivity index (χ1) is 41.3. The number of furan rings is 1. The molecule has 2 atom stereocenters. The highest BCUT2D eigenvalue weighted by Crippen LogP contribution is 2.60. The summed E-state index contributed by atoms with van der Waals surface area (Å²) in [5.41, 5.74) is 16.5. The number of hydrogen-bond acceptors (Lipinski definition) is 4. The topological polar surface area (TPSA) is 34.8 Å². The van der Waals surface area contributed by atoms with Crippen LogP contribution in [0.3, 0.4) is 0 Å². The zero-order valence-electron chi connectivity index (χ0n) is 45.5. The van der Waals surface area contributed by atoms with Crippen LogP contribution in [0.5, 0.6) is 23.0 Å². The largest absolute Gasteiger partial charge is 0.457 e. The van der Waals surface area contributed by atoms with Crippen LogP contribution >= 0.6 is 0 Å². The van der Waals surface area contributed by atoms with Gasteiger partial charge in [0.25, 0.3) is 0 Å². The Morgan fingerprint density at radius 1 is 0.357 bits per heavy atom. The van der Waals surface area contributed by atoms with Gasteiger partial charge in [0.2, 0.25) is 0 Å². The van der Waals surface area contributed by atoms with E-state index in [0.717, 1.165) is 117 Å². The summed E-state index contributed by atoms with van der Waals surface area (Å²) in [5, 5.41) is 1.99.